The van der Waals surface area contributed by atoms with E-state index in [1.165, 1.54) is 0 Å². The molecule has 0 aliphatic carbocycles. The van der Waals surface area contributed by atoms with Crippen LogP contribution < -0.4 is 10.6 Å². The van der Waals surface area contributed by atoms with Crippen molar-refractivity contribution in [1.29, 1.82) is 0 Å². The lowest BCUT2D eigenvalue weighted by Gasteiger charge is -2.22. The van der Waals surface area contributed by atoms with Crippen LogP contribution in [-0.2, 0) is 21.2 Å². The molecule has 7 heteroatoms. The average molecular weight is 418 g/mol. The summed E-state index contributed by atoms with van der Waals surface area (Å²) in [7, 11) is -3.16. The van der Waals surface area contributed by atoms with Crippen molar-refractivity contribution in [2.75, 3.05) is 25.4 Å². The maximum absolute atomic E-state index is 12.3. The second-order valence-corrected chi connectivity index (χ2v) is 9.38. The minimum Gasteiger partial charge on any atom is -0.384 e. The Bertz CT molecular complexity index is 867. The molecule has 0 saturated carbocycles. The standard InChI is InChI=1S/C22H31N3O3S/c1-3-23-21(25-18-22(2,26)20-13-8-5-9-14-20)24-15-10-16-29(27,28)17-19-11-6-4-7-12-19/h4-9,11-14,26H,3,10,15-18H2,1-2H3,(H2,23,24,25). The zero-order valence-electron chi connectivity index (χ0n) is 17.1. The van der Waals surface area contributed by atoms with Crippen LogP contribution in [0, 0.1) is 0 Å². The summed E-state index contributed by atoms with van der Waals surface area (Å²) in [6.45, 7) is 5.03. The van der Waals surface area contributed by atoms with E-state index in [9.17, 15) is 13.5 Å². The number of guanidine groups is 1. The first-order valence-corrected chi connectivity index (χ1v) is 11.7. The summed E-state index contributed by atoms with van der Waals surface area (Å²) in [4.78, 5) is 4.46. The quantitative estimate of drug-likeness (QED) is 0.314. The number of rotatable bonds is 10. The topological polar surface area (TPSA) is 90.8 Å². The molecule has 1 unspecified atom stereocenters. The molecule has 0 aliphatic rings. The largest absolute Gasteiger partial charge is 0.384 e. The van der Waals surface area contributed by atoms with E-state index in [2.05, 4.69) is 15.6 Å². The van der Waals surface area contributed by atoms with Gasteiger partial charge in [0, 0.05) is 13.1 Å². The number of aliphatic imine (C=N–C) groups is 1. The maximum atomic E-state index is 12.3. The summed E-state index contributed by atoms with van der Waals surface area (Å²) in [6, 6.07) is 18.6. The number of nitrogens with one attached hydrogen (secondary N) is 2. The van der Waals surface area contributed by atoms with Gasteiger partial charge in [0.25, 0.3) is 0 Å². The lowest BCUT2D eigenvalue weighted by Crippen LogP contribution is -2.39. The van der Waals surface area contributed by atoms with Crippen LogP contribution in [0.15, 0.2) is 65.7 Å². The molecule has 0 amide bonds. The van der Waals surface area contributed by atoms with E-state index in [1.807, 2.05) is 67.6 Å². The number of hydrogen-bond acceptors (Lipinski definition) is 4. The molecular formula is C22H31N3O3S. The highest BCUT2D eigenvalue weighted by Crippen LogP contribution is 2.20. The van der Waals surface area contributed by atoms with Crippen molar-refractivity contribution in [2.24, 2.45) is 4.99 Å². The summed E-state index contributed by atoms with van der Waals surface area (Å²) in [5.74, 6) is 0.724. The van der Waals surface area contributed by atoms with E-state index in [4.69, 9.17) is 0 Å². The zero-order chi connectivity index (χ0) is 21.2. The Labute approximate surface area is 174 Å². The zero-order valence-corrected chi connectivity index (χ0v) is 18.0. The summed E-state index contributed by atoms with van der Waals surface area (Å²) >= 11 is 0. The Hall–Kier alpha value is -2.38. The van der Waals surface area contributed by atoms with Gasteiger partial charge in [-0.05, 0) is 31.4 Å². The highest BCUT2D eigenvalue weighted by molar-refractivity contribution is 7.90. The van der Waals surface area contributed by atoms with Gasteiger partial charge in [-0.15, -0.1) is 0 Å². The number of nitrogens with zero attached hydrogens (tertiary/aromatic N) is 1. The van der Waals surface area contributed by atoms with Crippen LogP contribution in [0.25, 0.3) is 0 Å². The normalized spacial score (nSPS) is 14.2. The van der Waals surface area contributed by atoms with Crippen LogP contribution in [0.3, 0.4) is 0 Å². The van der Waals surface area contributed by atoms with Gasteiger partial charge in [0.2, 0.25) is 0 Å². The van der Waals surface area contributed by atoms with Gasteiger partial charge in [-0.2, -0.15) is 0 Å². The molecule has 29 heavy (non-hydrogen) atoms. The van der Waals surface area contributed by atoms with Crippen molar-refractivity contribution in [3.05, 3.63) is 71.8 Å². The molecule has 0 bridgehead atoms. The van der Waals surface area contributed by atoms with Crippen molar-refractivity contribution in [3.8, 4) is 0 Å². The number of sulfone groups is 1. The fourth-order valence-electron chi connectivity index (χ4n) is 2.86. The van der Waals surface area contributed by atoms with Gasteiger partial charge in [0.05, 0.1) is 18.1 Å². The van der Waals surface area contributed by atoms with Gasteiger partial charge in [0.1, 0.15) is 5.60 Å². The summed E-state index contributed by atoms with van der Waals surface area (Å²) in [5, 5.41) is 16.9. The van der Waals surface area contributed by atoms with Crippen LogP contribution >= 0.6 is 0 Å². The molecule has 6 nitrogen and oxygen atoms in total. The molecule has 1 atom stereocenters. The predicted molar refractivity (Wildman–Crippen MR) is 119 cm³/mol. The lowest BCUT2D eigenvalue weighted by atomic mass is 9.96. The molecule has 158 valence electrons. The molecule has 3 N–H and O–H groups in total. The second-order valence-electron chi connectivity index (χ2n) is 7.19. The fourth-order valence-corrected chi connectivity index (χ4v) is 4.29. The van der Waals surface area contributed by atoms with E-state index in [0.717, 1.165) is 11.1 Å². The van der Waals surface area contributed by atoms with Crippen molar-refractivity contribution < 1.29 is 13.5 Å². The van der Waals surface area contributed by atoms with E-state index in [0.29, 0.717) is 25.5 Å². The Balaban J connectivity index is 1.85. The Morgan fingerprint density at radius 3 is 2.28 bits per heavy atom. The fraction of sp³-hybridized carbons (Fsp3) is 0.409. The molecular weight excluding hydrogens is 386 g/mol. The van der Waals surface area contributed by atoms with Crippen LogP contribution in [0.5, 0.6) is 0 Å². The SMILES string of the molecule is CCNC(=NCC(C)(O)c1ccccc1)NCCCS(=O)(=O)Cc1ccccc1. The van der Waals surface area contributed by atoms with E-state index < -0.39 is 15.4 Å². The summed E-state index contributed by atoms with van der Waals surface area (Å²) in [6.07, 6.45) is 0.481. The number of aliphatic hydroxyl groups is 1. The molecule has 0 fully saturated rings. The second kappa shape index (κ2) is 11.0. The third-order valence-electron chi connectivity index (χ3n) is 4.44. The van der Waals surface area contributed by atoms with Crippen LogP contribution in [-0.4, -0.2) is 44.9 Å². The number of hydrogen-bond donors (Lipinski definition) is 3. The van der Waals surface area contributed by atoms with Crippen molar-refractivity contribution >= 4 is 15.8 Å². The van der Waals surface area contributed by atoms with Crippen molar-refractivity contribution in [2.45, 2.75) is 31.6 Å². The van der Waals surface area contributed by atoms with Gasteiger partial charge in [-0.25, -0.2) is 13.4 Å². The molecule has 0 saturated heterocycles. The monoisotopic (exact) mass is 417 g/mol. The summed E-state index contributed by atoms with van der Waals surface area (Å²) < 4.78 is 24.6. The first-order chi connectivity index (χ1) is 13.8. The van der Waals surface area contributed by atoms with E-state index >= 15 is 0 Å². The van der Waals surface area contributed by atoms with Crippen LogP contribution in [0.4, 0.5) is 0 Å². The van der Waals surface area contributed by atoms with Gasteiger partial charge >= 0.3 is 0 Å². The molecule has 2 aromatic rings. The van der Waals surface area contributed by atoms with Gasteiger partial charge in [-0.3, -0.25) is 0 Å². The minimum absolute atomic E-state index is 0.0575. The van der Waals surface area contributed by atoms with Gasteiger partial charge < -0.3 is 15.7 Å². The molecule has 0 aliphatic heterocycles. The smallest absolute Gasteiger partial charge is 0.191 e. The first-order valence-electron chi connectivity index (χ1n) is 9.87. The van der Waals surface area contributed by atoms with Gasteiger partial charge in [0.15, 0.2) is 15.8 Å². The first kappa shape index (κ1) is 22.9. The molecule has 0 radical (unpaired) electrons. The minimum atomic E-state index is -3.16. The van der Waals surface area contributed by atoms with Crippen LogP contribution in [0.2, 0.25) is 0 Å². The van der Waals surface area contributed by atoms with Crippen molar-refractivity contribution in [1.82, 2.24) is 10.6 Å². The van der Waals surface area contributed by atoms with Gasteiger partial charge in [-0.1, -0.05) is 60.7 Å². The highest BCUT2D eigenvalue weighted by Gasteiger charge is 2.22. The molecule has 2 aromatic carbocycles. The molecule has 0 heterocycles. The number of benzene rings is 2. The maximum Gasteiger partial charge on any atom is 0.191 e. The predicted octanol–water partition coefficient (Wildman–Crippen LogP) is 2.45. The third-order valence-corrected chi connectivity index (χ3v) is 6.12. The Morgan fingerprint density at radius 1 is 1.03 bits per heavy atom. The van der Waals surface area contributed by atoms with Crippen molar-refractivity contribution in [3.63, 3.8) is 0 Å². The summed E-state index contributed by atoms with van der Waals surface area (Å²) in [5.41, 5.74) is 0.521. The lowest BCUT2D eigenvalue weighted by molar-refractivity contribution is 0.0672. The van der Waals surface area contributed by atoms with E-state index in [-0.39, 0.29) is 18.1 Å². The molecule has 2 rings (SSSR count). The Morgan fingerprint density at radius 2 is 1.66 bits per heavy atom. The van der Waals surface area contributed by atoms with Crippen LogP contribution in [0.1, 0.15) is 31.4 Å². The highest BCUT2D eigenvalue weighted by atomic mass is 32.2. The Kier molecular flexibility index (Phi) is 8.67. The molecule has 0 spiro atoms. The van der Waals surface area contributed by atoms with E-state index in [1.54, 1.807) is 6.92 Å². The molecule has 0 aromatic heterocycles. The average Bonchev–Trinajstić information content (AvgIpc) is 2.70. The third kappa shape index (κ3) is 8.25.